The third kappa shape index (κ3) is 5.06. The molecule has 0 spiro atoms. The Morgan fingerprint density at radius 2 is 2.04 bits per heavy atom. The number of nitrogens with one attached hydrogen (secondary N) is 2. The predicted molar refractivity (Wildman–Crippen MR) is 99.8 cm³/mol. The lowest BCUT2D eigenvalue weighted by Gasteiger charge is -2.24. The van der Waals surface area contributed by atoms with Crippen molar-refractivity contribution in [3.63, 3.8) is 0 Å². The maximum atomic E-state index is 12.0. The van der Waals surface area contributed by atoms with Gasteiger partial charge in [0.15, 0.2) is 0 Å². The van der Waals surface area contributed by atoms with Crippen LogP contribution in [0.25, 0.3) is 0 Å². The summed E-state index contributed by atoms with van der Waals surface area (Å²) in [4.78, 5) is 26.1. The first-order valence-electron chi connectivity index (χ1n) is 8.36. The van der Waals surface area contributed by atoms with Gasteiger partial charge in [0, 0.05) is 49.8 Å². The Kier molecular flexibility index (Phi) is 6.35. The Hall–Kier alpha value is -2.87. The van der Waals surface area contributed by atoms with Crippen LogP contribution in [-0.2, 0) is 16.6 Å². The van der Waals surface area contributed by atoms with Gasteiger partial charge in [0.2, 0.25) is 0 Å². The molecule has 2 amide bonds. The van der Waals surface area contributed by atoms with E-state index in [1.165, 1.54) is 6.20 Å². The van der Waals surface area contributed by atoms with E-state index in [0.717, 1.165) is 5.69 Å². The van der Waals surface area contributed by atoms with E-state index in [-0.39, 0.29) is 6.54 Å². The SMILES string of the molecule is CC(C)N(C)c1cccc(NC(=O)C(=O)NCC(O)c2cnn(C)c2)c1. The van der Waals surface area contributed by atoms with E-state index in [4.69, 9.17) is 0 Å². The fourth-order valence-electron chi connectivity index (χ4n) is 2.29. The Morgan fingerprint density at radius 3 is 2.65 bits per heavy atom. The summed E-state index contributed by atoms with van der Waals surface area (Å²) < 4.78 is 1.55. The van der Waals surface area contributed by atoms with Crippen LogP contribution in [-0.4, -0.2) is 46.3 Å². The second-order valence-corrected chi connectivity index (χ2v) is 6.38. The normalized spacial score (nSPS) is 11.9. The third-order valence-corrected chi connectivity index (χ3v) is 4.06. The van der Waals surface area contributed by atoms with Gasteiger partial charge in [-0.2, -0.15) is 5.10 Å². The largest absolute Gasteiger partial charge is 0.386 e. The fourth-order valence-corrected chi connectivity index (χ4v) is 2.29. The number of aromatic nitrogens is 2. The second-order valence-electron chi connectivity index (χ2n) is 6.38. The highest BCUT2D eigenvalue weighted by Gasteiger charge is 2.17. The van der Waals surface area contributed by atoms with Crippen molar-refractivity contribution in [1.82, 2.24) is 15.1 Å². The Bertz CT molecular complexity index is 772. The first-order chi connectivity index (χ1) is 12.3. The molecule has 2 aromatic rings. The minimum absolute atomic E-state index is 0.0753. The van der Waals surface area contributed by atoms with Crippen LogP contribution >= 0.6 is 0 Å². The van der Waals surface area contributed by atoms with Crippen LogP contribution < -0.4 is 15.5 Å². The zero-order valence-electron chi connectivity index (χ0n) is 15.4. The van der Waals surface area contributed by atoms with Gasteiger partial charge in [-0.15, -0.1) is 0 Å². The molecule has 3 N–H and O–H groups in total. The van der Waals surface area contributed by atoms with Crippen LogP contribution in [0, 0.1) is 0 Å². The molecule has 0 saturated carbocycles. The molecule has 0 saturated heterocycles. The molecule has 8 heteroatoms. The van der Waals surface area contributed by atoms with Crippen LogP contribution in [0.2, 0.25) is 0 Å². The lowest BCUT2D eigenvalue weighted by molar-refractivity contribution is -0.136. The predicted octanol–water partition coefficient (Wildman–Crippen LogP) is 1.05. The van der Waals surface area contributed by atoms with E-state index < -0.39 is 17.9 Å². The minimum Gasteiger partial charge on any atom is -0.386 e. The summed E-state index contributed by atoms with van der Waals surface area (Å²) in [6.45, 7) is 4.05. The summed E-state index contributed by atoms with van der Waals surface area (Å²) >= 11 is 0. The number of carbonyl (C=O) groups is 2. The second kappa shape index (κ2) is 8.48. The first-order valence-corrected chi connectivity index (χ1v) is 8.36. The molecule has 0 radical (unpaired) electrons. The van der Waals surface area contributed by atoms with Gasteiger partial charge in [-0.25, -0.2) is 0 Å². The van der Waals surface area contributed by atoms with Gasteiger partial charge in [-0.1, -0.05) is 6.07 Å². The van der Waals surface area contributed by atoms with Gasteiger partial charge in [0.1, 0.15) is 0 Å². The van der Waals surface area contributed by atoms with Gasteiger partial charge >= 0.3 is 11.8 Å². The van der Waals surface area contributed by atoms with Crippen LogP contribution in [0.5, 0.6) is 0 Å². The van der Waals surface area contributed by atoms with Crippen LogP contribution in [0.4, 0.5) is 11.4 Å². The molecule has 1 aromatic heterocycles. The number of aliphatic hydroxyl groups is 1. The van der Waals surface area contributed by atoms with Crippen molar-refractivity contribution in [3.8, 4) is 0 Å². The number of aliphatic hydroxyl groups excluding tert-OH is 1. The average Bonchev–Trinajstić information content (AvgIpc) is 3.05. The van der Waals surface area contributed by atoms with E-state index >= 15 is 0 Å². The van der Waals surface area contributed by atoms with Crippen LogP contribution in [0.3, 0.4) is 0 Å². The van der Waals surface area contributed by atoms with E-state index in [2.05, 4.69) is 34.5 Å². The van der Waals surface area contributed by atoms with Gasteiger partial charge in [0.25, 0.3) is 0 Å². The number of hydrogen-bond acceptors (Lipinski definition) is 5. The molecule has 1 aromatic carbocycles. The summed E-state index contributed by atoms with van der Waals surface area (Å²) in [6.07, 6.45) is 2.23. The van der Waals surface area contributed by atoms with E-state index in [0.29, 0.717) is 17.3 Å². The lowest BCUT2D eigenvalue weighted by Crippen LogP contribution is -2.37. The van der Waals surface area contributed by atoms with Crippen molar-refractivity contribution in [2.45, 2.75) is 26.0 Å². The Balaban J connectivity index is 1.90. The van der Waals surface area contributed by atoms with Crippen molar-refractivity contribution >= 4 is 23.2 Å². The molecule has 1 atom stereocenters. The monoisotopic (exact) mass is 359 g/mol. The van der Waals surface area contributed by atoms with Crippen molar-refractivity contribution < 1.29 is 14.7 Å². The van der Waals surface area contributed by atoms with Crippen molar-refractivity contribution in [2.24, 2.45) is 7.05 Å². The molecule has 2 rings (SSSR count). The number of nitrogens with zero attached hydrogens (tertiary/aromatic N) is 3. The number of anilines is 2. The number of amides is 2. The quantitative estimate of drug-likeness (QED) is 0.670. The summed E-state index contributed by atoms with van der Waals surface area (Å²) in [5, 5.41) is 18.9. The third-order valence-electron chi connectivity index (χ3n) is 4.06. The smallest absolute Gasteiger partial charge is 0.313 e. The van der Waals surface area contributed by atoms with Gasteiger partial charge < -0.3 is 20.6 Å². The van der Waals surface area contributed by atoms with Gasteiger partial charge in [0.05, 0.1) is 12.3 Å². The molecule has 0 bridgehead atoms. The zero-order chi connectivity index (χ0) is 19.3. The molecule has 0 aliphatic heterocycles. The standard InChI is InChI=1S/C18H25N5O3/c1-12(2)23(4)15-7-5-6-14(8-15)21-18(26)17(25)19-10-16(24)13-9-20-22(3)11-13/h5-9,11-12,16,24H,10H2,1-4H3,(H,19,25)(H,21,26). The highest BCUT2D eigenvalue weighted by molar-refractivity contribution is 6.39. The van der Waals surface area contributed by atoms with Crippen molar-refractivity contribution in [3.05, 3.63) is 42.2 Å². The minimum atomic E-state index is -0.927. The molecule has 140 valence electrons. The topological polar surface area (TPSA) is 99.5 Å². The zero-order valence-corrected chi connectivity index (χ0v) is 15.4. The molecule has 0 aliphatic carbocycles. The molecule has 8 nitrogen and oxygen atoms in total. The maximum absolute atomic E-state index is 12.0. The molecule has 1 unspecified atom stereocenters. The molecular formula is C18H25N5O3. The molecular weight excluding hydrogens is 334 g/mol. The number of rotatable bonds is 6. The first kappa shape index (κ1) is 19.5. The van der Waals surface area contributed by atoms with Crippen LogP contribution in [0.1, 0.15) is 25.5 Å². The summed E-state index contributed by atoms with van der Waals surface area (Å²) in [5.41, 5.74) is 2.03. The van der Waals surface area contributed by atoms with Gasteiger partial charge in [-0.3, -0.25) is 14.3 Å². The number of hydrogen-bond donors (Lipinski definition) is 3. The fraction of sp³-hybridized carbons (Fsp3) is 0.389. The van der Waals surface area contributed by atoms with Gasteiger partial charge in [-0.05, 0) is 32.0 Å². The molecule has 0 fully saturated rings. The lowest BCUT2D eigenvalue weighted by atomic mass is 10.2. The maximum Gasteiger partial charge on any atom is 0.313 e. The highest BCUT2D eigenvalue weighted by atomic mass is 16.3. The number of carbonyl (C=O) groups excluding carboxylic acids is 2. The molecule has 0 aliphatic rings. The van der Waals surface area contributed by atoms with E-state index in [1.54, 1.807) is 30.1 Å². The van der Waals surface area contributed by atoms with Crippen molar-refractivity contribution in [1.29, 1.82) is 0 Å². The molecule has 26 heavy (non-hydrogen) atoms. The Morgan fingerprint density at radius 1 is 1.31 bits per heavy atom. The number of benzene rings is 1. The number of aryl methyl sites for hydroxylation is 1. The molecule has 1 heterocycles. The summed E-state index contributed by atoms with van der Waals surface area (Å²) in [5.74, 6) is -1.59. The summed E-state index contributed by atoms with van der Waals surface area (Å²) in [6, 6.07) is 7.56. The Labute approximate surface area is 152 Å². The average molecular weight is 359 g/mol. The van der Waals surface area contributed by atoms with E-state index in [1.807, 2.05) is 19.2 Å². The summed E-state index contributed by atoms with van der Waals surface area (Å²) in [7, 11) is 3.69. The van der Waals surface area contributed by atoms with E-state index in [9.17, 15) is 14.7 Å². The van der Waals surface area contributed by atoms with Crippen LogP contribution in [0.15, 0.2) is 36.7 Å². The van der Waals surface area contributed by atoms with Crippen molar-refractivity contribution in [2.75, 3.05) is 23.8 Å². The highest BCUT2D eigenvalue weighted by Crippen LogP contribution is 2.20.